The highest BCUT2D eigenvalue weighted by Gasteiger charge is 2.08. The van der Waals surface area contributed by atoms with E-state index < -0.39 is 11.6 Å². The lowest BCUT2D eigenvalue weighted by atomic mass is 10.2. The third-order valence-electron chi connectivity index (χ3n) is 2.38. The van der Waals surface area contributed by atoms with Crippen LogP contribution >= 0.6 is 11.6 Å². The zero-order valence-electron chi connectivity index (χ0n) is 9.29. The maximum atomic E-state index is 13.5. The van der Waals surface area contributed by atoms with Gasteiger partial charge in [-0.25, -0.2) is 8.78 Å². The van der Waals surface area contributed by atoms with Crippen molar-refractivity contribution in [3.63, 3.8) is 0 Å². The predicted octanol–water partition coefficient (Wildman–Crippen LogP) is 3.78. The number of benzene rings is 2. The van der Waals surface area contributed by atoms with E-state index in [0.29, 0.717) is 5.56 Å². The lowest BCUT2D eigenvalue weighted by Crippen LogP contribution is -1.99. The maximum absolute atomic E-state index is 13.5. The molecule has 5 heteroatoms. The monoisotopic (exact) mass is 269 g/mol. The van der Waals surface area contributed by atoms with E-state index in [1.807, 2.05) is 0 Å². The number of ether oxygens (including phenoxy) is 1. The summed E-state index contributed by atoms with van der Waals surface area (Å²) in [7, 11) is 0. The Labute approximate surface area is 108 Å². The van der Waals surface area contributed by atoms with Gasteiger partial charge in [0.2, 0.25) is 0 Å². The van der Waals surface area contributed by atoms with Gasteiger partial charge in [-0.1, -0.05) is 23.7 Å². The largest absolute Gasteiger partial charge is 0.486 e. The first-order valence-corrected chi connectivity index (χ1v) is 5.56. The normalized spacial score (nSPS) is 10.4. The van der Waals surface area contributed by atoms with Gasteiger partial charge in [-0.3, -0.25) is 0 Å². The van der Waals surface area contributed by atoms with Crippen molar-refractivity contribution in [3.05, 3.63) is 58.6 Å². The first-order chi connectivity index (χ1) is 8.58. The Morgan fingerprint density at radius 1 is 1.17 bits per heavy atom. The molecule has 2 N–H and O–H groups in total. The van der Waals surface area contributed by atoms with Gasteiger partial charge in [-0.15, -0.1) is 0 Å². The van der Waals surface area contributed by atoms with Gasteiger partial charge < -0.3 is 10.5 Å². The maximum Gasteiger partial charge on any atom is 0.183 e. The van der Waals surface area contributed by atoms with E-state index in [-0.39, 0.29) is 23.1 Å². The van der Waals surface area contributed by atoms with Crippen LogP contribution < -0.4 is 10.5 Å². The van der Waals surface area contributed by atoms with Crippen molar-refractivity contribution in [2.24, 2.45) is 0 Å². The van der Waals surface area contributed by atoms with Gasteiger partial charge in [0.05, 0.1) is 10.7 Å². The summed E-state index contributed by atoms with van der Waals surface area (Å²) >= 11 is 5.61. The number of anilines is 1. The molecule has 0 aliphatic carbocycles. The highest BCUT2D eigenvalue weighted by molar-refractivity contribution is 6.30. The number of nitrogen functional groups attached to an aromatic ring is 1. The van der Waals surface area contributed by atoms with Crippen molar-refractivity contribution in [3.8, 4) is 5.75 Å². The molecule has 18 heavy (non-hydrogen) atoms. The van der Waals surface area contributed by atoms with Crippen LogP contribution in [0.2, 0.25) is 5.02 Å². The molecule has 0 radical (unpaired) electrons. The molecule has 0 saturated carbocycles. The summed E-state index contributed by atoms with van der Waals surface area (Å²) in [5, 5.41) is -0.0176. The van der Waals surface area contributed by atoms with Crippen LogP contribution in [0.5, 0.6) is 5.75 Å². The molecule has 0 saturated heterocycles. The van der Waals surface area contributed by atoms with Gasteiger partial charge >= 0.3 is 0 Å². The summed E-state index contributed by atoms with van der Waals surface area (Å²) in [5.74, 6) is -1.13. The third kappa shape index (κ3) is 2.71. The van der Waals surface area contributed by atoms with Gasteiger partial charge in [0.1, 0.15) is 12.4 Å². The molecule has 94 valence electrons. The van der Waals surface area contributed by atoms with Gasteiger partial charge in [-0.05, 0) is 29.8 Å². The molecule has 0 heterocycles. The van der Waals surface area contributed by atoms with Crippen molar-refractivity contribution in [2.75, 3.05) is 5.73 Å². The van der Waals surface area contributed by atoms with Crippen molar-refractivity contribution < 1.29 is 13.5 Å². The Morgan fingerprint density at radius 2 is 1.94 bits per heavy atom. The second-order valence-electron chi connectivity index (χ2n) is 3.70. The summed E-state index contributed by atoms with van der Waals surface area (Å²) in [6.45, 7) is 0.0362. The van der Waals surface area contributed by atoms with E-state index in [1.54, 1.807) is 12.1 Å². The van der Waals surface area contributed by atoms with Gasteiger partial charge in [-0.2, -0.15) is 0 Å². The Hall–Kier alpha value is -1.81. The van der Waals surface area contributed by atoms with E-state index in [4.69, 9.17) is 22.1 Å². The predicted molar refractivity (Wildman–Crippen MR) is 66.6 cm³/mol. The van der Waals surface area contributed by atoms with Crippen molar-refractivity contribution in [1.82, 2.24) is 0 Å². The fraction of sp³-hybridized carbons (Fsp3) is 0.0769. The summed E-state index contributed by atoms with van der Waals surface area (Å²) in [6, 6.07) is 8.74. The zero-order chi connectivity index (χ0) is 13.1. The molecule has 0 fully saturated rings. The molecule has 0 bridgehead atoms. The zero-order valence-corrected chi connectivity index (χ0v) is 10.0. The second-order valence-corrected chi connectivity index (χ2v) is 4.10. The highest BCUT2D eigenvalue weighted by Crippen LogP contribution is 2.25. The summed E-state index contributed by atoms with van der Waals surface area (Å²) in [5.41, 5.74) is 5.97. The molecule has 2 aromatic rings. The van der Waals surface area contributed by atoms with Crippen LogP contribution in [0, 0.1) is 11.6 Å². The Balaban J connectivity index is 2.11. The molecule has 0 spiro atoms. The van der Waals surface area contributed by atoms with E-state index in [0.717, 1.165) is 0 Å². The van der Waals surface area contributed by atoms with Crippen LogP contribution in [0.4, 0.5) is 14.5 Å². The minimum atomic E-state index is -0.630. The van der Waals surface area contributed by atoms with Gasteiger partial charge in [0.25, 0.3) is 0 Å². The lowest BCUT2D eigenvalue weighted by Gasteiger charge is -2.08. The molecule has 0 atom stereocenters. The summed E-state index contributed by atoms with van der Waals surface area (Å²) < 4.78 is 31.9. The van der Waals surface area contributed by atoms with Crippen LogP contribution in [0.25, 0.3) is 0 Å². The fourth-order valence-electron chi connectivity index (χ4n) is 1.42. The number of halogens is 3. The van der Waals surface area contributed by atoms with Crippen LogP contribution in [0.1, 0.15) is 5.56 Å². The van der Waals surface area contributed by atoms with E-state index in [2.05, 4.69) is 0 Å². The molecular formula is C13H10ClF2NO. The van der Waals surface area contributed by atoms with Crippen LogP contribution in [-0.4, -0.2) is 0 Å². The number of hydrogen-bond donors (Lipinski definition) is 1. The fourth-order valence-corrected chi connectivity index (χ4v) is 1.58. The van der Waals surface area contributed by atoms with E-state index >= 15 is 0 Å². The first kappa shape index (κ1) is 12.6. The topological polar surface area (TPSA) is 35.2 Å². The van der Waals surface area contributed by atoms with Crippen LogP contribution in [-0.2, 0) is 6.61 Å². The van der Waals surface area contributed by atoms with Crippen LogP contribution in [0.3, 0.4) is 0 Å². The van der Waals surface area contributed by atoms with Crippen molar-refractivity contribution in [2.45, 2.75) is 6.61 Å². The second kappa shape index (κ2) is 5.23. The Morgan fingerprint density at radius 3 is 2.67 bits per heavy atom. The summed E-state index contributed by atoms with van der Waals surface area (Å²) in [6.07, 6.45) is 0. The minimum absolute atomic E-state index is 0.0176. The van der Waals surface area contributed by atoms with Gasteiger partial charge in [0, 0.05) is 0 Å². The molecule has 0 amide bonds. The van der Waals surface area contributed by atoms with Crippen molar-refractivity contribution >= 4 is 17.3 Å². The molecule has 0 unspecified atom stereocenters. The number of nitrogens with two attached hydrogens (primary N) is 1. The van der Waals surface area contributed by atoms with E-state index in [9.17, 15) is 8.78 Å². The number of rotatable bonds is 3. The Bertz CT molecular complexity index is 575. The smallest absolute Gasteiger partial charge is 0.183 e. The highest BCUT2D eigenvalue weighted by atomic mass is 35.5. The standard InChI is InChI=1S/C13H10ClF2NO/c14-9-2-1-3-12(13(9)16)18-7-8-4-5-11(17)10(15)6-8/h1-6H,7,17H2. The average Bonchev–Trinajstić information content (AvgIpc) is 2.35. The van der Waals surface area contributed by atoms with E-state index in [1.165, 1.54) is 24.3 Å². The van der Waals surface area contributed by atoms with Gasteiger partial charge in [0.15, 0.2) is 11.6 Å². The molecule has 2 aromatic carbocycles. The molecule has 0 aliphatic rings. The average molecular weight is 270 g/mol. The number of hydrogen-bond acceptors (Lipinski definition) is 2. The SMILES string of the molecule is Nc1ccc(COc2cccc(Cl)c2F)cc1F. The van der Waals surface area contributed by atoms with Crippen LogP contribution in [0.15, 0.2) is 36.4 Å². The molecule has 2 nitrogen and oxygen atoms in total. The molecule has 2 rings (SSSR count). The van der Waals surface area contributed by atoms with Crippen molar-refractivity contribution in [1.29, 1.82) is 0 Å². The third-order valence-corrected chi connectivity index (χ3v) is 2.67. The summed E-state index contributed by atoms with van der Waals surface area (Å²) in [4.78, 5) is 0. The molecule has 0 aliphatic heterocycles. The first-order valence-electron chi connectivity index (χ1n) is 5.18. The molecular weight excluding hydrogens is 260 g/mol. The quantitative estimate of drug-likeness (QED) is 0.861. The minimum Gasteiger partial charge on any atom is -0.486 e. The lowest BCUT2D eigenvalue weighted by molar-refractivity contribution is 0.290. The molecule has 0 aromatic heterocycles. The Kier molecular flexibility index (Phi) is 3.67.